The van der Waals surface area contributed by atoms with Crippen molar-refractivity contribution >= 4 is 28.5 Å². The van der Waals surface area contributed by atoms with Crippen LogP contribution in [0.2, 0.25) is 0 Å². The van der Waals surface area contributed by atoms with Crippen LogP contribution in [-0.4, -0.2) is 18.8 Å². The number of fused-ring (bicyclic) bond motifs is 2. The van der Waals surface area contributed by atoms with E-state index in [1.807, 2.05) is 6.07 Å². The minimum absolute atomic E-state index is 0.790. The van der Waals surface area contributed by atoms with Crippen molar-refractivity contribution in [2.45, 2.75) is 27.2 Å². The Morgan fingerprint density at radius 3 is 2.52 bits per heavy atom. The molecule has 27 heavy (non-hydrogen) atoms. The van der Waals surface area contributed by atoms with Crippen molar-refractivity contribution in [1.82, 2.24) is 0 Å². The van der Waals surface area contributed by atoms with E-state index in [1.54, 1.807) is 0 Å². The number of para-hydroxylation sites is 1. The van der Waals surface area contributed by atoms with E-state index in [0.29, 0.717) is 0 Å². The number of anilines is 3. The largest absolute Gasteiger partial charge is 0.399 e. The van der Waals surface area contributed by atoms with Crippen LogP contribution in [0, 0.1) is 0 Å². The van der Waals surface area contributed by atoms with Gasteiger partial charge in [0.05, 0.1) is 22.8 Å². The van der Waals surface area contributed by atoms with Gasteiger partial charge in [0.2, 0.25) is 0 Å². The number of hydrogen-bond donors (Lipinski definition) is 1. The third-order valence-electron chi connectivity index (χ3n) is 5.35. The Bertz CT molecular complexity index is 950. The van der Waals surface area contributed by atoms with Crippen molar-refractivity contribution in [3.8, 4) is 0 Å². The van der Waals surface area contributed by atoms with E-state index in [9.17, 15) is 0 Å². The van der Waals surface area contributed by atoms with Gasteiger partial charge in [-0.3, -0.25) is 0 Å². The number of nitrogens with two attached hydrogens (primary N) is 1. The van der Waals surface area contributed by atoms with Crippen molar-refractivity contribution in [1.29, 1.82) is 0 Å². The Morgan fingerprint density at radius 2 is 1.81 bits per heavy atom. The number of benzene rings is 2. The quantitative estimate of drug-likeness (QED) is 0.809. The first kappa shape index (κ1) is 17.4. The number of nitrogens with zero attached hydrogens (tertiary/aromatic N) is 3. The number of allylic oxidation sites excluding steroid dienone is 3. The van der Waals surface area contributed by atoms with Gasteiger partial charge < -0.3 is 15.5 Å². The Hall–Kier alpha value is -3.01. The normalized spacial score (nSPS) is 15.7. The molecular weight excluding hydrogens is 332 g/mol. The standard InChI is InChI=1S/C23H26N4/c1-4-26(5-2)18-11-12-20-22(14-18)27(17-9-7-6-8-10-17)23-15-19(24)16(3)13-21(23)25-20/h6-12,14-15H,4-5,13,24H2,1-3H3. The second-order valence-corrected chi connectivity index (χ2v) is 7.02. The zero-order valence-electron chi connectivity index (χ0n) is 16.2. The van der Waals surface area contributed by atoms with Gasteiger partial charge in [0.1, 0.15) is 0 Å². The monoisotopic (exact) mass is 358 g/mol. The van der Waals surface area contributed by atoms with E-state index < -0.39 is 0 Å². The lowest BCUT2D eigenvalue weighted by Gasteiger charge is -2.36. The minimum Gasteiger partial charge on any atom is -0.399 e. The summed E-state index contributed by atoms with van der Waals surface area (Å²) in [6.45, 7) is 8.41. The van der Waals surface area contributed by atoms with Crippen LogP contribution in [-0.2, 0) is 0 Å². The highest BCUT2D eigenvalue weighted by Crippen LogP contribution is 2.45. The lowest BCUT2D eigenvalue weighted by Crippen LogP contribution is -2.30. The number of rotatable bonds is 4. The van der Waals surface area contributed by atoms with Gasteiger partial charge in [-0.15, -0.1) is 0 Å². The molecule has 138 valence electrons. The molecule has 2 aliphatic rings. The van der Waals surface area contributed by atoms with Crippen LogP contribution in [0.1, 0.15) is 27.2 Å². The molecule has 4 nitrogen and oxygen atoms in total. The van der Waals surface area contributed by atoms with Crippen LogP contribution < -0.4 is 15.5 Å². The molecule has 2 aromatic carbocycles. The fraction of sp³-hybridized carbons (Fsp3) is 0.261. The van der Waals surface area contributed by atoms with Crippen LogP contribution in [0.5, 0.6) is 0 Å². The van der Waals surface area contributed by atoms with Gasteiger partial charge in [-0.1, -0.05) is 18.2 Å². The second kappa shape index (κ2) is 6.95. The molecule has 1 aliphatic carbocycles. The molecule has 0 radical (unpaired) electrons. The first-order chi connectivity index (χ1) is 13.1. The van der Waals surface area contributed by atoms with Crippen LogP contribution in [0.25, 0.3) is 0 Å². The van der Waals surface area contributed by atoms with Crippen molar-refractivity contribution < 1.29 is 0 Å². The SMILES string of the molecule is CCN(CC)c1ccc2c(c1)N(c1ccccc1)C1=CC(N)=C(C)CC1=N2. The van der Waals surface area contributed by atoms with Gasteiger partial charge in [-0.05, 0) is 62.8 Å². The van der Waals surface area contributed by atoms with Gasteiger partial charge in [-0.25, -0.2) is 4.99 Å². The summed E-state index contributed by atoms with van der Waals surface area (Å²) in [6.07, 6.45) is 2.86. The molecular formula is C23H26N4. The van der Waals surface area contributed by atoms with Crippen LogP contribution in [0.4, 0.5) is 22.7 Å². The molecule has 4 rings (SSSR count). The highest BCUT2D eigenvalue weighted by molar-refractivity contribution is 6.12. The minimum atomic E-state index is 0.790. The van der Waals surface area contributed by atoms with E-state index in [1.165, 1.54) is 11.3 Å². The van der Waals surface area contributed by atoms with Gasteiger partial charge >= 0.3 is 0 Å². The maximum atomic E-state index is 6.28. The number of hydrogen-bond acceptors (Lipinski definition) is 4. The zero-order chi connectivity index (χ0) is 19.0. The molecule has 0 saturated carbocycles. The zero-order valence-corrected chi connectivity index (χ0v) is 16.2. The molecule has 0 bridgehead atoms. The molecule has 0 aromatic heterocycles. The highest BCUT2D eigenvalue weighted by Gasteiger charge is 2.29. The average molecular weight is 358 g/mol. The summed E-state index contributed by atoms with van der Waals surface area (Å²) in [4.78, 5) is 9.63. The first-order valence-electron chi connectivity index (χ1n) is 9.61. The maximum absolute atomic E-state index is 6.28. The first-order valence-corrected chi connectivity index (χ1v) is 9.61. The third kappa shape index (κ3) is 3.01. The van der Waals surface area contributed by atoms with Gasteiger partial charge in [0, 0.05) is 36.6 Å². The summed E-state index contributed by atoms with van der Waals surface area (Å²) < 4.78 is 0. The summed E-state index contributed by atoms with van der Waals surface area (Å²) in [7, 11) is 0. The van der Waals surface area contributed by atoms with Gasteiger partial charge in [0.15, 0.2) is 0 Å². The molecule has 2 aromatic rings. The molecule has 1 aliphatic heterocycles. The van der Waals surface area contributed by atoms with Crippen LogP contribution >= 0.6 is 0 Å². The topological polar surface area (TPSA) is 44.9 Å². The Morgan fingerprint density at radius 1 is 1.07 bits per heavy atom. The third-order valence-corrected chi connectivity index (χ3v) is 5.35. The van der Waals surface area contributed by atoms with E-state index in [2.05, 4.69) is 79.1 Å². The Balaban J connectivity index is 1.92. The molecule has 0 unspecified atom stereocenters. The summed E-state index contributed by atoms with van der Waals surface area (Å²) in [6, 6.07) is 17.0. The molecule has 0 atom stereocenters. The van der Waals surface area contributed by atoms with Crippen LogP contribution in [0.3, 0.4) is 0 Å². The predicted octanol–water partition coefficient (Wildman–Crippen LogP) is 5.28. The molecule has 0 fully saturated rings. The highest BCUT2D eigenvalue weighted by atomic mass is 15.2. The van der Waals surface area contributed by atoms with Gasteiger partial charge in [0.25, 0.3) is 0 Å². The maximum Gasteiger partial charge on any atom is 0.0876 e. The second-order valence-electron chi connectivity index (χ2n) is 7.02. The van der Waals surface area contributed by atoms with E-state index in [-0.39, 0.29) is 0 Å². The summed E-state index contributed by atoms with van der Waals surface area (Å²) in [5.41, 5.74) is 14.9. The average Bonchev–Trinajstić information content (AvgIpc) is 2.69. The summed E-state index contributed by atoms with van der Waals surface area (Å²) in [5.74, 6) is 0. The lowest BCUT2D eigenvalue weighted by molar-refractivity contribution is 0.866. The van der Waals surface area contributed by atoms with E-state index in [4.69, 9.17) is 10.7 Å². The van der Waals surface area contributed by atoms with Crippen molar-refractivity contribution in [2.75, 3.05) is 22.9 Å². The Kier molecular flexibility index (Phi) is 4.48. The van der Waals surface area contributed by atoms with Gasteiger partial charge in [-0.2, -0.15) is 0 Å². The molecule has 0 saturated heterocycles. The molecule has 0 amide bonds. The van der Waals surface area contributed by atoms with E-state index in [0.717, 1.165) is 53.7 Å². The number of aliphatic imine (C=N–C) groups is 1. The molecule has 1 heterocycles. The lowest BCUT2D eigenvalue weighted by atomic mass is 9.95. The molecule has 2 N–H and O–H groups in total. The van der Waals surface area contributed by atoms with E-state index >= 15 is 0 Å². The molecule has 0 spiro atoms. The van der Waals surface area contributed by atoms with Crippen LogP contribution in [0.15, 0.2) is 76.6 Å². The predicted molar refractivity (Wildman–Crippen MR) is 115 cm³/mol. The Labute approximate surface area is 161 Å². The molecule has 4 heteroatoms. The smallest absolute Gasteiger partial charge is 0.0876 e. The van der Waals surface area contributed by atoms with Crippen molar-refractivity contribution in [2.24, 2.45) is 10.7 Å². The summed E-state index contributed by atoms with van der Waals surface area (Å²) in [5, 5.41) is 0. The van der Waals surface area contributed by atoms with Crippen molar-refractivity contribution in [3.05, 3.63) is 71.6 Å². The fourth-order valence-electron chi connectivity index (χ4n) is 3.79. The fourth-order valence-corrected chi connectivity index (χ4v) is 3.79. The van der Waals surface area contributed by atoms with Crippen molar-refractivity contribution in [3.63, 3.8) is 0 Å². The summed E-state index contributed by atoms with van der Waals surface area (Å²) >= 11 is 0.